The maximum Gasteiger partial charge on any atom is 0.312 e. The summed E-state index contributed by atoms with van der Waals surface area (Å²) in [4.78, 5) is 44.1. The summed E-state index contributed by atoms with van der Waals surface area (Å²) in [5.74, 6) is 0.338. The molecule has 66 heavy (non-hydrogen) atoms. The molecule has 2 aliphatic heterocycles. The molecule has 2 aromatic carbocycles. The molecule has 0 bridgehead atoms. The lowest BCUT2D eigenvalue weighted by Crippen LogP contribution is -2.59. The molecule has 5 fully saturated rings. The van der Waals surface area contributed by atoms with Gasteiger partial charge in [-0.05, 0) is 131 Å². The van der Waals surface area contributed by atoms with Gasteiger partial charge in [0.2, 0.25) is 5.82 Å². The fourth-order valence-electron chi connectivity index (χ4n) is 11.0. The van der Waals surface area contributed by atoms with Crippen LogP contribution in [-0.4, -0.2) is 107 Å². The first kappa shape index (κ1) is 44.2. The molecule has 0 unspecified atom stereocenters. The Kier molecular flexibility index (Phi) is 11.8. The van der Waals surface area contributed by atoms with Gasteiger partial charge in [0.05, 0.1) is 28.5 Å². The van der Waals surface area contributed by atoms with Gasteiger partial charge < -0.3 is 29.9 Å². The number of aromatic nitrogens is 3. The first-order valence-electron chi connectivity index (χ1n) is 23.4. The number of nitro groups is 1. The van der Waals surface area contributed by atoms with E-state index in [1.165, 1.54) is 37.4 Å². The van der Waals surface area contributed by atoms with Crippen LogP contribution in [0.1, 0.15) is 105 Å². The number of amides is 1. The number of sulfonamides is 1. The van der Waals surface area contributed by atoms with E-state index in [0.717, 1.165) is 81.7 Å². The van der Waals surface area contributed by atoms with Crippen LogP contribution in [0, 0.1) is 21.4 Å². The molecule has 5 aromatic rings. The van der Waals surface area contributed by atoms with Crippen LogP contribution in [0.2, 0.25) is 0 Å². The minimum Gasteiger partial charge on any atom is -0.455 e. The first-order chi connectivity index (χ1) is 31.7. The van der Waals surface area contributed by atoms with Gasteiger partial charge in [-0.1, -0.05) is 24.3 Å². The number of likely N-dealkylation sites (N-methyl/N-ethyl adjacent to an activating group) is 1. The number of benzene rings is 2. The van der Waals surface area contributed by atoms with E-state index in [-0.39, 0.29) is 28.5 Å². The minimum atomic E-state index is -4.63. The highest BCUT2D eigenvalue weighted by Crippen LogP contribution is 2.54. The fraction of sp³-hybridized carbons (Fsp3) is 0.490. The summed E-state index contributed by atoms with van der Waals surface area (Å²) in [6.45, 7) is 7.06. The molecule has 1 atom stereocenters. The number of piperidine rings is 1. The average molecular weight is 918 g/mol. The number of H-pyrrole nitrogens is 1. The third-order valence-corrected chi connectivity index (χ3v) is 16.4. The van der Waals surface area contributed by atoms with E-state index in [9.17, 15) is 28.4 Å². The molecule has 1 amide bonds. The van der Waals surface area contributed by atoms with Crippen LogP contribution in [0.15, 0.2) is 84.1 Å². The van der Waals surface area contributed by atoms with Crippen molar-refractivity contribution in [3.05, 3.63) is 106 Å². The molecular formula is C49H59N9O7S. The van der Waals surface area contributed by atoms with Crippen molar-refractivity contribution in [1.82, 2.24) is 29.5 Å². The van der Waals surface area contributed by atoms with Crippen molar-refractivity contribution in [3.8, 4) is 11.5 Å². The number of nitrogens with one attached hydrogen (secondary N) is 3. The Morgan fingerprint density at radius 1 is 0.955 bits per heavy atom. The van der Waals surface area contributed by atoms with Gasteiger partial charge in [0.15, 0.2) is 0 Å². The third-order valence-electron chi connectivity index (χ3n) is 15.1. The lowest BCUT2D eigenvalue weighted by Gasteiger charge is -2.58. The summed E-state index contributed by atoms with van der Waals surface area (Å²) in [6.07, 6.45) is 14.1. The molecule has 3 saturated carbocycles. The van der Waals surface area contributed by atoms with E-state index < -0.39 is 37.0 Å². The van der Waals surface area contributed by atoms with E-state index >= 15 is 0 Å². The molecule has 348 valence electrons. The molecule has 10 rings (SSSR count). The van der Waals surface area contributed by atoms with Crippen molar-refractivity contribution in [2.24, 2.45) is 11.3 Å². The van der Waals surface area contributed by atoms with Crippen molar-refractivity contribution in [2.75, 3.05) is 56.5 Å². The monoisotopic (exact) mass is 917 g/mol. The van der Waals surface area contributed by atoms with Gasteiger partial charge in [0.25, 0.3) is 15.9 Å². The Hall–Kier alpha value is -5.62. The van der Waals surface area contributed by atoms with Gasteiger partial charge in [0.1, 0.15) is 22.0 Å². The Balaban J connectivity index is 0.836. The molecule has 0 radical (unpaired) electrons. The van der Waals surface area contributed by atoms with Crippen molar-refractivity contribution in [3.63, 3.8) is 0 Å². The van der Waals surface area contributed by atoms with Crippen molar-refractivity contribution >= 4 is 44.2 Å². The Labute approximate surface area is 385 Å². The van der Waals surface area contributed by atoms with E-state index in [1.54, 1.807) is 36.9 Å². The second-order valence-electron chi connectivity index (χ2n) is 19.9. The number of hydrogen-bond donors (Lipinski definition) is 4. The van der Waals surface area contributed by atoms with Crippen molar-refractivity contribution < 1.29 is 28.0 Å². The van der Waals surface area contributed by atoms with Gasteiger partial charge in [-0.3, -0.25) is 19.8 Å². The maximum atomic E-state index is 14.0. The molecule has 4 N–H and O–H groups in total. The van der Waals surface area contributed by atoms with Gasteiger partial charge in [-0.2, -0.15) is 0 Å². The largest absolute Gasteiger partial charge is 0.455 e. The Morgan fingerprint density at radius 3 is 2.45 bits per heavy atom. The number of hydrogen-bond acceptors (Lipinski definition) is 13. The maximum absolute atomic E-state index is 14.0. The molecule has 16 nitrogen and oxygen atoms in total. The number of fused-ring (bicyclic) bond motifs is 1. The van der Waals surface area contributed by atoms with Crippen LogP contribution in [0.3, 0.4) is 0 Å². The van der Waals surface area contributed by atoms with E-state index in [0.29, 0.717) is 48.8 Å². The highest BCUT2D eigenvalue weighted by Gasteiger charge is 2.50. The number of aromatic amines is 1. The van der Waals surface area contributed by atoms with Crippen LogP contribution in [0.25, 0.3) is 11.0 Å². The number of anilines is 2. The third kappa shape index (κ3) is 9.22. The number of ether oxygens (including phenoxy) is 1. The van der Waals surface area contributed by atoms with Gasteiger partial charge in [0, 0.05) is 80.8 Å². The quantitative estimate of drug-likeness (QED) is 0.0661. The van der Waals surface area contributed by atoms with Crippen LogP contribution in [0.4, 0.5) is 17.2 Å². The van der Waals surface area contributed by atoms with Crippen LogP contribution < -0.4 is 19.7 Å². The van der Waals surface area contributed by atoms with Crippen LogP contribution >= 0.6 is 0 Å². The van der Waals surface area contributed by atoms with Gasteiger partial charge in [-0.15, -0.1) is 0 Å². The second-order valence-corrected chi connectivity index (χ2v) is 21.6. The molecule has 5 heterocycles. The first-order valence-corrected chi connectivity index (χ1v) is 24.9. The summed E-state index contributed by atoms with van der Waals surface area (Å²) >= 11 is 0. The average Bonchev–Trinajstić information content (AvgIpc) is 4.04. The number of carbonyl (C=O) groups excluding carboxylic acids is 1. The molecule has 3 aliphatic carbocycles. The molecule has 1 spiro atoms. The number of nitrogens with zero attached hydrogens (tertiary/aromatic N) is 6. The smallest absolute Gasteiger partial charge is 0.312 e. The summed E-state index contributed by atoms with van der Waals surface area (Å²) in [5, 5.41) is 26.2. The van der Waals surface area contributed by atoms with Crippen LogP contribution in [0.5, 0.6) is 11.5 Å². The number of pyridine rings is 2. The summed E-state index contributed by atoms with van der Waals surface area (Å²) in [6, 6.07) is 19.8. The summed E-state index contributed by atoms with van der Waals surface area (Å²) < 4.78 is 35.9. The lowest BCUT2D eigenvalue weighted by atomic mass is 9.59. The normalized spacial score (nSPS) is 24.0. The number of piperazine rings is 1. The number of rotatable bonds is 13. The summed E-state index contributed by atoms with van der Waals surface area (Å²) in [5.41, 5.74) is 3.57. The molecular weight excluding hydrogens is 859 g/mol. The number of aliphatic hydroxyl groups is 1. The number of carbonyl (C=O) groups is 1. The predicted molar refractivity (Wildman–Crippen MR) is 251 cm³/mol. The van der Waals surface area contributed by atoms with Crippen molar-refractivity contribution in [2.45, 2.75) is 99.6 Å². The topological polar surface area (TPSA) is 199 Å². The molecule has 17 heteroatoms. The highest BCUT2D eigenvalue weighted by molar-refractivity contribution is 7.90. The highest BCUT2D eigenvalue weighted by atomic mass is 32.2. The van der Waals surface area contributed by atoms with E-state index in [1.807, 2.05) is 12.1 Å². The Bertz CT molecular complexity index is 2730. The minimum absolute atomic E-state index is 0.0380. The lowest BCUT2D eigenvalue weighted by molar-refractivity contribution is -0.384. The van der Waals surface area contributed by atoms with Gasteiger partial charge in [-0.25, -0.2) is 23.1 Å². The fourth-order valence-corrected chi connectivity index (χ4v) is 11.9. The van der Waals surface area contributed by atoms with E-state index in [4.69, 9.17) is 4.74 Å². The Morgan fingerprint density at radius 2 is 1.71 bits per heavy atom. The van der Waals surface area contributed by atoms with E-state index in [2.05, 4.69) is 71.0 Å². The zero-order chi connectivity index (χ0) is 45.8. The SMILES string of the molecule is CN1CCN(C2CC3(CCN(c4ccc(C(=O)NS(=O)(=O)c5cnc(NCC6CCC(C)(O)CC6)c([N+](=O)[O-])c5)c(Oc5cnc6[nH]ccc6c5)c4)CC3)C2)[C@H](c2ccccc2C2CC2)C1. The zero-order valence-corrected chi connectivity index (χ0v) is 38.4. The second kappa shape index (κ2) is 17.6. The molecule has 2 saturated heterocycles. The van der Waals surface area contributed by atoms with Crippen LogP contribution in [-0.2, 0) is 10.0 Å². The summed E-state index contributed by atoms with van der Waals surface area (Å²) in [7, 11) is -2.38. The van der Waals surface area contributed by atoms with Crippen molar-refractivity contribution in [1.29, 1.82) is 0 Å². The molecule has 5 aliphatic rings. The zero-order valence-electron chi connectivity index (χ0n) is 37.6. The van der Waals surface area contributed by atoms with Gasteiger partial charge >= 0.3 is 5.69 Å². The molecule has 3 aromatic heterocycles. The predicted octanol–water partition coefficient (Wildman–Crippen LogP) is 7.75. The standard InChI is InChI=1S/C49H59N9O7S/c1-48(60)14-11-32(12-15-48)28-51-46-42(58(61)62)25-38(30-53-46)66(63,64)54-47(59)41-10-9-35(24-44(41)65-37-23-34-13-18-50-45(34)52-29-37)56-19-16-49(17-20-56)26-36(27-49)57-22-21-55(2)31-43(57)40-6-4-3-5-39(40)33-7-8-33/h3-6,9-10,13,18,23-25,29-30,32-33,36,43,60H,7-8,11-12,14-17,19-22,26-28,31H2,1-2H3,(H,50,52)(H,51,53)(H,54,59)/t32?,43-,48?/m0/s1.